The van der Waals surface area contributed by atoms with Gasteiger partial charge in [0, 0.05) is 11.6 Å². The van der Waals surface area contributed by atoms with Crippen molar-refractivity contribution in [3.63, 3.8) is 0 Å². The number of hydrogen-bond acceptors (Lipinski definition) is 6. The smallest absolute Gasteiger partial charge is 0.466 e. The predicted octanol–water partition coefficient (Wildman–Crippen LogP) is 2.81. The van der Waals surface area contributed by atoms with Gasteiger partial charge in [0.25, 0.3) is 0 Å². The minimum Gasteiger partial charge on any atom is -0.466 e. The maximum absolute atomic E-state index is 11.9. The van der Waals surface area contributed by atoms with Crippen LogP contribution in [0.25, 0.3) is 0 Å². The highest BCUT2D eigenvalue weighted by molar-refractivity contribution is 7.10. The number of rotatable bonds is 5. The standard InChI is InChI=1S/C14H22BNO4S/c1-6-18-11(17)9-10(12-16-7-8-21-12)15-19-13(2,3)14(4,5)20-15/h7-8,10H,6,9H2,1-5H3. The summed E-state index contributed by atoms with van der Waals surface area (Å²) < 4.78 is 17.2. The monoisotopic (exact) mass is 311 g/mol. The molecule has 7 heteroatoms. The largest absolute Gasteiger partial charge is 0.468 e. The Morgan fingerprint density at radius 3 is 2.48 bits per heavy atom. The summed E-state index contributed by atoms with van der Waals surface area (Å²) >= 11 is 1.50. The zero-order valence-electron chi connectivity index (χ0n) is 13.2. The molecule has 1 fully saturated rings. The zero-order valence-corrected chi connectivity index (χ0v) is 14.0. The Morgan fingerprint density at radius 1 is 1.38 bits per heavy atom. The van der Waals surface area contributed by atoms with Crippen molar-refractivity contribution in [3.8, 4) is 0 Å². The lowest BCUT2D eigenvalue weighted by molar-refractivity contribution is -0.143. The lowest BCUT2D eigenvalue weighted by Gasteiger charge is -2.32. The molecule has 0 amide bonds. The third kappa shape index (κ3) is 3.47. The Hall–Kier alpha value is -0.915. The van der Waals surface area contributed by atoms with Crippen molar-refractivity contribution >= 4 is 24.4 Å². The predicted molar refractivity (Wildman–Crippen MR) is 82.2 cm³/mol. The van der Waals surface area contributed by atoms with Gasteiger partial charge in [0.15, 0.2) is 0 Å². The summed E-state index contributed by atoms with van der Waals surface area (Å²) in [6.07, 6.45) is 1.93. The van der Waals surface area contributed by atoms with Gasteiger partial charge in [-0.3, -0.25) is 4.79 Å². The van der Waals surface area contributed by atoms with Crippen molar-refractivity contribution in [2.75, 3.05) is 6.61 Å². The van der Waals surface area contributed by atoms with Gasteiger partial charge in [0.2, 0.25) is 0 Å². The van der Waals surface area contributed by atoms with Crippen LogP contribution in [-0.4, -0.2) is 35.9 Å². The van der Waals surface area contributed by atoms with Crippen LogP contribution in [0.5, 0.6) is 0 Å². The maximum atomic E-state index is 11.9. The lowest BCUT2D eigenvalue weighted by Crippen LogP contribution is -2.41. The highest BCUT2D eigenvalue weighted by Gasteiger charge is 2.54. The number of hydrogen-bond donors (Lipinski definition) is 0. The van der Waals surface area contributed by atoms with Crippen LogP contribution in [-0.2, 0) is 18.8 Å². The fourth-order valence-electron chi connectivity index (χ4n) is 2.17. The molecule has 1 atom stereocenters. The van der Waals surface area contributed by atoms with Gasteiger partial charge in [-0.2, -0.15) is 0 Å². The Balaban J connectivity index is 2.19. The van der Waals surface area contributed by atoms with Crippen LogP contribution in [0.15, 0.2) is 11.6 Å². The van der Waals surface area contributed by atoms with Crippen LogP contribution >= 0.6 is 11.3 Å². The van der Waals surface area contributed by atoms with Crippen LogP contribution in [0.2, 0.25) is 0 Å². The average molecular weight is 311 g/mol. The molecule has 0 saturated carbocycles. The number of aromatic nitrogens is 1. The van der Waals surface area contributed by atoms with Gasteiger partial charge in [0.05, 0.1) is 35.1 Å². The van der Waals surface area contributed by atoms with E-state index in [4.69, 9.17) is 14.0 Å². The zero-order chi connectivity index (χ0) is 15.7. The van der Waals surface area contributed by atoms with Crippen molar-refractivity contribution < 1.29 is 18.8 Å². The average Bonchev–Trinajstić information content (AvgIpc) is 2.94. The summed E-state index contributed by atoms with van der Waals surface area (Å²) in [5.74, 6) is -0.502. The van der Waals surface area contributed by atoms with Crippen LogP contribution in [0.3, 0.4) is 0 Å². The topological polar surface area (TPSA) is 57.7 Å². The van der Waals surface area contributed by atoms with Gasteiger partial charge in [-0.25, -0.2) is 4.98 Å². The molecule has 116 valence electrons. The van der Waals surface area contributed by atoms with Crippen molar-refractivity contribution in [2.24, 2.45) is 0 Å². The first kappa shape index (κ1) is 16.5. The molecule has 0 spiro atoms. The van der Waals surface area contributed by atoms with Crippen molar-refractivity contribution in [1.82, 2.24) is 4.98 Å². The van der Waals surface area contributed by atoms with Gasteiger partial charge in [0.1, 0.15) is 0 Å². The number of esters is 1. The Labute approximate surface area is 130 Å². The Morgan fingerprint density at radius 2 is 2.00 bits per heavy atom. The second kappa shape index (κ2) is 6.06. The van der Waals surface area contributed by atoms with Crippen LogP contribution in [0, 0.1) is 0 Å². The van der Waals surface area contributed by atoms with Gasteiger partial charge >= 0.3 is 13.1 Å². The van der Waals surface area contributed by atoms with E-state index in [0.717, 1.165) is 5.01 Å². The SMILES string of the molecule is CCOC(=O)CC(B1OC(C)(C)C(C)(C)O1)c1nccs1. The van der Waals surface area contributed by atoms with Crippen LogP contribution in [0.4, 0.5) is 0 Å². The molecule has 1 aliphatic rings. The fraction of sp³-hybridized carbons (Fsp3) is 0.714. The highest BCUT2D eigenvalue weighted by atomic mass is 32.1. The van der Waals surface area contributed by atoms with Gasteiger partial charge in [-0.15, -0.1) is 11.3 Å². The number of carbonyl (C=O) groups is 1. The summed E-state index contributed by atoms with van der Waals surface area (Å²) in [7, 11) is -0.495. The fourth-order valence-corrected chi connectivity index (χ4v) is 2.92. The molecule has 1 aliphatic heterocycles. The molecular weight excluding hydrogens is 289 g/mol. The Kier molecular flexibility index (Phi) is 4.75. The van der Waals surface area contributed by atoms with E-state index in [2.05, 4.69) is 4.98 Å². The quantitative estimate of drug-likeness (QED) is 0.618. The Bertz CT molecular complexity index is 473. The van der Waals surface area contributed by atoms with E-state index in [1.165, 1.54) is 11.3 Å². The third-order valence-corrected chi connectivity index (χ3v) is 4.97. The third-order valence-electron chi connectivity index (χ3n) is 4.06. The summed E-state index contributed by atoms with van der Waals surface area (Å²) in [5.41, 5.74) is -0.857. The number of carbonyl (C=O) groups excluding carboxylic acids is 1. The minimum atomic E-state index is -0.495. The van der Waals surface area contributed by atoms with E-state index >= 15 is 0 Å². The summed E-state index contributed by atoms with van der Waals surface area (Å²) in [5, 5.41) is 2.72. The van der Waals surface area contributed by atoms with E-state index in [9.17, 15) is 4.79 Å². The number of nitrogens with zero attached hydrogens (tertiary/aromatic N) is 1. The second-order valence-electron chi connectivity index (χ2n) is 6.11. The molecule has 0 aliphatic carbocycles. The molecule has 2 heterocycles. The van der Waals surface area contributed by atoms with Gasteiger partial charge in [-0.1, -0.05) is 0 Å². The summed E-state index contributed by atoms with van der Waals surface area (Å²) in [4.78, 5) is 16.2. The van der Waals surface area contributed by atoms with E-state index in [1.807, 2.05) is 33.1 Å². The van der Waals surface area contributed by atoms with Gasteiger partial charge < -0.3 is 14.0 Å². The molecule has 0 radical (unpaired) electrons. The summed E-state index contributed by atoms with van der Waals surface area (Å²) in [6, 6.07) is 0. The van der Waals surface area contributed by atoms with Crippen molar-refractivity contribution in [3.05, 3.63) is 16.6 Å². The number of thiazole rings is 1. The van der Waals surface area contributed by atoms with E-state index in [1.54, 1.807) is 13.1 Å². The first-order valence-electron chi connectivity index (χ1n) is 7.17. The molecule has 1 aromatic rings. The van der Waals surface area contributed by atoms with Crippen molar-refractivity contribution in [1.29, 1.82) is 0 Å². The molecular formula is C14H22BNO4S. The number of ether oxygens (including phenoxy) is 1. The molecule has 5 nitrogen and oxygen atoms in total. The molecule has 0 aromatic carbocycles. The second-order valence-corrected chi connectivity index (χ2v) is 7.04. The highest BCUT2D eigenvalue weighted by Crippen LogP contribution is 2.42. The molecule has 1 aromatic heterocycles. The molecule has 1 unspecified atom stereocenters. The maximum Gasteiger partial charge on any atom is 0.468 e. The summed E-state index contributed by atoms with van der Waals surface area (Å²) in [6.45, 7) is 10.1. The van der Waals surface area contributed by atoms with Gasteiger partial charge in [-0.05, 0) is 34.6 Å². The first-order chi connectivity index (χ1) is 9.77. The van der Waals surface area contributed by atoms with E-state index < -0.39 is 18.3 Å². The molecule has 21 heavy (non-hydrogen) atoms. The molecule has 0 bridgehead atoms. The van der Waals surface area contributed by atoms with E-state index in [-0.39, 0.29) is 18.2 Å². The minimum absolute atomic E-state index is 0.207. The van der Waals surface area contributed by atoms with Crippen molar-refractivity contribution in [2.45, 2.75) is 58.1 Å². The first-order valence-corrected chi connectivity index (χ1v) is 8.05. The lowest BCUT2D eigenvalue weighted by atomic mass is 9.70. The van der Waals surface area contributed by atoms with Crippen LogP contribution in [0.1, 0.15) is 51.9 Å². The molecule has 0 N–H and O–H groups in total. The molecule has 2 rings (SSSR count). The van der Waals surface area contributed by atoms with E-state index in [0.29, 0.717) is 6.61 Å². The molecule has 1 saturated heterocycles. The van der Waals surface area contributed by atoms with Crippen LogP contribution < -0.4 is 0 Å². The normalized spacial score (nSPS) is 21.3.